The van der Waals surface area contributed by atoms with E-state index in [-0.39, 0.29) is 38.8 Å². The van der Waals surface area contributed by atoms with Gasteiger partial charge in [0.05, 0.1) is 44.2 Å². The fraction of sp³-hybridized carbons (Fsp3) is 0.429. The van der Waals surface area contributed by atoms with E-state index in [9.17, 15) is 9.13 Å². The quantitative estimate of drug-likeness (QED) is 0.592. The maximum atomic E-state index is 13.0. The third-order valence-corrected chi connectivity index (χ3v) is 8.78. The molecule has 2 aliphatic rings. The van der Waals surface area contributed by atoms with E-state index >= 15 is 0 Å². The summed E-state index contributed by atoms with van der Waals surface area (Å²) in [6.07, 6.45) is 0.469. The Labute approximate surface area is 171 Å². The first-order valence-electron chi connectivity index (χ1n) is 9.65. The summed E-state index contributed by atoms with van der Waals surface area (Å²) in [5, 5.41) is 0. The zero-order chi connectivity index (χ0) is 20.5. The highest BCUT2D eigenvalue weighted by atomic mass is 31.2. The van der Waals surface area contributed by atoms with Crippen LogP contribution in [0, 0.1) is 19.3 Å². The summed E-state index contributed by atoms with van der Waals surface area (Å²) >= 11 is 0. The van der Waals surface area contributed by atoms with Crippen molar-refractivity contribution in [1.29, 1.82) is 0 Å². The Balaban J connectivity index is 1.35. The minimum Gasteiger partial charge on any atom is -0.307 e. The van der Waals surface area contributed by atoms with E-state index in [0.717, 1.165) is 22.3 Å². The van der Waals surface area contributed by atoms with Crippen LogP contribution >= 0.6 is 15.2 Å². The zero-order valence-electron chi connectivity index (χ0n) is 16.7. The van der Waals surface area contributed by atoms with Crippen LogP contribution in [0.15, 0.2) is 48.5 Å². The SMILES string of the molecule is Cc1cccc(CP2(=O)OCC3(CO2)COP(=O)(Cc2cccc(C)c2)OC3)c1. The molecule has 2 aromatic carbocycles. The molecule has 0 radical (unpaired) electrons. The van der Waals surface area contributed by atoms with Crippen LogP contribution < -0.4 is 0 Å². The van der Waals surface area contributed by atoms with Gasteiger partial charge in [-0.3, -0.25) is 9.13 Å². The molecule has 0 unspecified atom stereocenters. The van der Waals surface area contributed by atoms with E-state index in [2.05, 4.69) is 0 Å². The molecule has 2 heterocycles. The molecule has 1 spiro atoms. The summed E-state index contributed by atoms with van der Waals surface area (Å²) in [6.45, 7) is 4.76. The second-order valence-electron chi connectivity index (χ2n) is 8.11. The summed E-state index contributed by atoms with van der Waals surface area (Å²) < 4.78 is 48.7. The smallest absolute Gasteiger partial charge is 0.307 e. The van der Waals surface area contributed by atoms with Gasteiger partial charge >= 0.3 is 15.2 Å². The molecule has 0 atom stereocenters. The van der Waals surface area contributed by atoms with E-state index in [0.29, 0.717) is 0 Å². The summed E-state index contributed by atoms with van der Waals surface area (Å²) in [7, 11) is -6.44. The maximum absolute atomic E-state index is 13.0. The van der Waals surface area contributed by atoms with Gasteiger partial charge in [0, 0.05) is 0 Å². The van der Waals surface area contributed by atoms with Gasteiger partial charge in [0.25, 0.3) is 0 Å². The first-order valence-corrected chi connectivity index (χ1v) is 13.1. The van der Waals surface area contributed by atoms with Gasteiger partial charge in [-0.1, -0.05) is 59.7 Å². The summed E-state index contributed by atoms with van der Waals surface area (Å²) in [5.41, 5.74) is 3.45. The monoisotopic (exact) mass is 436 g/mol. The van der Waals surface area contributed by atoms with Crippen LogP contribution in [0.2, 0.25) is 0 Å². The van der Waals surface area contributed by atoms with Crippen LogP contribution in [-0.2, 0) is 39.5 Å². The second kappa shape index (κ2) is 8.11. The first-order chi connectivity index (χ1) is 13.8. The van der Waals surface area contributed by atoms with Gasteiger partial charge in [0.1, 0.15) is 0 Å². The van der Waals surface area contributed by atoms with E-state index in [1.165, 1.54) is 0 Å². The summed E-state index contributed by atoms with van der Waals surface area (Å²) in [6, 6.07) is 15.6. The fourth-order valence-electron chi connectivity index (χ4n) is 3.52. The lowest BCUT2D eigenvalue weighted by Crippen LogP contribution is -2.45. The van der Waals surface area contributed by atoms with Gasteiger partial charge in [-0.15, -0.1) is 0 Å². The Hall–Kier alpha value is -1.26. The normalized spacial score (nSPS) is 32.3. The molecule has 2 fully saturated rings. The predicted octanol–water partition coefficient (Wildman–Crippen LogP) is 5.47. The van der Waals surface area contributed by atoms with Crippen molar-refractivity contribution in [1.82, 2.24) is 0 Å². The van der Waals surface area contributed by atoms with Gasteiger partial charge < -0.3 is 18.1 Å². The van der Waals surface area contributed by atoms with Gasteiger partial charge in [-0.05, 0) is 25.0 Å². The highest BCUT2D eigenvalue weighted by Gasteiger charge is 2.48. The average molecular weight is 436 g/mol. The lowest BCUT2D eigenvalue weighted by atomic mass is 9.93. The molecule has 0 aromatic heterocycles. The van der Waals surface area contributed by atoms with Crippen molar-refractivity contribution < 1.29 is 27.2 Å². The summed E-state index contributed by atoms with van der Waals surface area (Å²) in [5.74, 6) is 0. The second-order valence-corrected chi connectivity index (χ2v) is 12.2. The highest BCUT2D eigenvalue weighted by Crippen LogP contribution is 2.61. The van der Waals surface area contributed by atoms with Crippen molar-refractivity contribution in [3.8, 4) is 0 Å². The Morgan fingerprint density at radius 2 is 1.10 bits per heavy atom. The molecule has 0 bridgehead atoms. The predicted molar refractivity (Wildman–Crippen MR) is 111 cm³/mol. The molecule has 0 N–H and O–H groups in total. The Morgan fingerprint density at radius 3 is 1.45 bits per heavy atom. The lowest BCUT2D eigenvalue weighted by molar-refractivity contribution is -0.0690. The molecule has 2 aromatic rings. The molecule has 4 rings (SSSR count). The van der Waals surface area contributed by atoms with Crippen LogP contribution in [-0.4, -0.2) is 26.4 Å². The average Bonchev–Trinajstić information content (AvgIpc) is 2.67. The first kappa shape index (κ1) is 21.0. The standard InChI is InChI=1S/C21H26O6P2/c1-17-5-3-7-19(9-17)11-28(22)24-13-21(14-25-28)15-26-29(23,27-16-21)12-20-8-4-6-18(2)10-20/h3-10H,11-16H2,1-2H3. The van der Waals surface area contributed by atoms with Crippen molar-refractivity contribution in [3.05, 3.63) is 70.8 Å². The molecular formula is C21H26O6P2. The molecule has 0 aliphatic carbocycles. The number of benzene rings is 2. The van der Waals surface area contributed by atoms with Crippen molar-refractivity contribution in [3.63, 3.8) is 0 Å². The lowest BCUT2D eigenvalue weighted by Gasteiger charge is -2.43. The van der Waals surface area contributed by atoms with Crippen LogP contribution in [0.3, 0.4) is 0 Å². The summed E-state index contributed by atoms with van der Waals surface area (Å²) in [4.78, 5) is 0. The number of aryl methyl sites for hydroxylation is 2. The molecular weight excluding hydrogens is 410 g/mol. The number of hydrogen-bond donors (Lipinski definition) is 0. The Morgan fingerprint density at radius 1 is 0.724 bits per heavy atom. The van der Waals surface area contributed by atoms with Crippen molar-refractivity contribution in [2.75, 3.05) is 26.4 Å². The molecule has 2 aliphatic heterocycles. The van der Waals surface area contributed by atoms with Gasteiger partial charge in [0.15, 0.2) is 0 Å². The fourth-order valence-corrected chi connectivity index (χ4v) is 7.20. The zero-order valence-corrected chi connectivity index (χ0v) is 18.5. The molecule has 29 heavy (non-hydrogen) atoms. The Kier molecular flexibility index (Phi) is 5.87. The van der Waals surface area contributed by atoms with E-state index in [1.54, 1.807) is 0 Å². The van der Waals surface area contributed by atoms with E-state index in [4.69, 9.17) is 18.1 Å². The number of hydrogen-bond acceptors (Lipinski definition) is 6. The van der Waals surface area contributed by atoms with Crippen molar-refractivity contribution in [2.24, 2.45) is 5.41 Å². The van der Waals surface area contributed by atoms with E-state index in [1.807, 2.05) is 62.4 Å². The minimum atomic E-state index is -3.22. The van der Waals surface area contributed by atoms with Gasteiger partial charge in [0.2, 0.25) is 0 Å². The number of rotatable bonds is 4. The molecule has 156 valence electrons. The minimum absolute atomic E-state index is 0.195. The molecule has 6 nitrogen and oxygen atoms in total. The molecule has 0 amide bonds. The topological polar surface area (TPSA) is 71.1 Å². The van der Waals surface area contributed by atoms with Crippen LogP contribution in [0.25, 0.3) is 0 Å². The van der Waals surface area contributed by atoms with Crippen molar-refractivity contribution in [2.45, 2.75) is 26.2 Å². The van der Waals surface area contributed by atoms with E-state index < -0.39 is 20.6 Å². The van der Waals surface area contributed by atoms with Crippen LogP contribution in [0.5, 0.6) is 0 Å². The Bertz CT molecular complexity index is 882. The van der Waals surface area contributed by atoms with Crippen molar-refractivity contribution >= 4 is 15.2 Å². The third-order valence-electron chi connectivity index (χ3n) is 5.19. The van der Waals surface area contributed by atoms with Gasteiger partial charge in [-0.25, -0.2) is 0 Å². The maximum Gasteiger partial charge on any atom is 0.335 e. The van der Waals surface area contributed by atoms with Crippen LogP contribution in [0.4, 0.5) is 0 Å². The molecule has 8 heteroatoms. The highest BCUT2D eigenvalue weighted by molar-refractivity contribution is 7.53. The van der Waals surface area contributed by atoms with Gasteiger partial charge in [-0.2, -0.15) is 0 Å². The van der Waals surface area contributed by atoms with Crippen LogP contribution in [0.1, 0.15) is 22.3 Å². The molecule has 2 saturated heterocycles. The third kappa shape index (κ3) is 5.08. The molecule has 0 saturated carbocycles. The largest absolute Gasteiger partial charge is 0.335 e.